The van der Waals surface area contributed by atoms with Crippen molar-refractivity contribution >= 4 is 23.4 Å². The smallest absolute Gasteiger partial charge is 0.415 e. The van der Waals surface area contributed by atoms with Crippen molar-refractivity contribution in [1.29, 1.82) is 0 Å². The lowest BCUT2D eigenvalue weighted by Gasteiger charge is -2.30. The number of pyridine rings is 1. The van der Waals surface area contributed by atoms with Crippen molar-refractivity contribution in [3.63, 3.8) is 0 Å². The zero-order chi connectivity index (χ0) is 13.3. The molecule has 0 saturated heterocycles. The van der Waals surface area contributed by atoms with Crippen LogP contribution in [0.3, 0.4) is 0 Å². The monoisotopic (exact) mass is 270 g/mol. The highest BCUT2D eigenvalue weighted by atomic mass is 35.5. The van der Waals surface area contributed by atoms with Crippen LogP contribution in [0.2, 0.25) is 5.15 Å². The van der Waals surface area contributed by atoms with Crippen LogP contribution in [-0.2, 0) is 4.74 Å². The molecule has 1 aromatic heterocycles. The van der Waals surface area contributed by atoms with Crippen LogP contribution in [0.4, 0.5) is 10.5 Å². The molecule has 2 heterocycles. The number of carbonyl (C=O) groups is 1. The summed E-state index contributed by atoms with van der Waals surface area (Å²) in [5.74, 6) is 0.361. The minimum atomic E-state index is -0.532. The topological polar surface area (TPSA) is 51.7 Å². The molecule has 0 bridgehead atoms. The molecule has 6 heteroatoms. The van der Waals surface area contributed by atoms with Crippen molar-refractivity contribution in [3.8, 4) is 5.88 Å². The van der Waals surface area contributed by atoms with Crippen molar-refractivity contribution in [2.75, 3.05) is 18.1 Å². The van der Waals surface area contributed by atoms with Crippen molar-refractivity contribution in [2.45, 2.75) is 26.4 Å². The maximum Gasteiger partial charge on any atom is 0.415 e. The van der Waals surface area contributed by atoms with Gasteiger partial charge in [-0.05, 0) is 32.9 Å². The van der Waals surface area contributed by atoms with E-state index in [0.717, 1.165) is 0 Å². The molecule has 0 aliphatic carbocycles. The number of anilines is 1. The molecule has 0 spiro atoms. The van der Waals surface area contributed by atoms with Gasteiger partial charge in [0, 0.05) is 0 Å². The van der Waals surface area contributed by atoms with E-state index in [1.54, 1.807) is 12.1 Å². The number of halogens is 1. The molecule has 0 saturated carbocycles. The fourth-order valence-corrected chi connectivity index (χ4v) is 1.72. The van der Waals surface area contributed by atoms with Crippen LogP contribution in [0.5, 0.6) is 5.88 Å². The molecule has 5 nitrogen and oxygen atoms in total. The van der Waals surface area contributed by atoms with Crippen LogP contribution in [0.25, 0.3) is 0 Å². The molecule has 2 rings (SSSR count). The van der Waals surface area contributed by atoms with Gasteiger partial charge in [-0.15, -0.1) is 0 Å². The predicted molar refractivity (Wildman–Crippen MR) is 68.3 cm³/mol. The van der Waals surface area contributed by atoms with Gasteiger partial charge in [0.2, 0.25) is 5.88 Å². The Kier molecular flexibility index (Phi) is 3.34. The SMILES string of the molecule is CC(C)(C)OC(=O)N1CCOc2nc(Cl)ccc21. The number of hydrogen-bond acceptors (Lipinski definition) is 4. The molecule has 1 aliphatic rings. The summed E-state index contributed by atoms with van der Waals surface area (Å²) in [6.07, 6.45) is -0.406. The van der Waals surface area contributed by atoms with Gasteiger partial charge in [0.15, 0.2) is 0 Å². The first-order chi connectivity index (χ1) is 8.37. The largest absolute Gasteiger partial charge is 0.474 e. The van der Waals surface area contributed by atoms with Gasteiger partial charge in [0.05, 0.1) is 6.54 Å². The number of rotatable bonds is 0. The second-order valence-corrected chi connectivity index (χ2v) is 5.33. The van der Waals surface area contributed by atoms with Crippen LogP contribution in [0.15, 0.2) is 12.1 Å². The Balaban J connectivity index is 2.25. The van der Waals surface area contributed by atoms with Gasteiger partial charge < -0.3 is 9.47 Å². The molecule has 0 atom stereocenters. The van der Waals surface area contributed by atoms with Gasteiger partial charge in [-0.25, -0.2) is 4.79 Å². The first-order valence-electron chi connectivity index (χ1n) is 5.67. The van der Waals surface area contributed by atoms with Crippen LogP contribution in [0, 0.1) is 0 Å². The van der Waals surface area contributed by atoms with Crippen LogP contribution in [0.1, 0.15) is 20.8 Å². The Bertz CT molecular complexity index is 471. The van der Waals surface area contributed by atoms with Crippen molar-refractivity contribution in [3.05, 3.63) is 17.3 Å². The van der Waals surface area contributed by atoms with E-state index in [-0.39, 0.29) is 0 Å². The van der Waals surface area contributed by atoms with Gasteiger partial charge in [-0.3, -0.25) is 4.90 Å². The summed E-state index contributed by atoms with van der Waals surface area (Å²) in [4.78, 5) is 17.6. The summed E-state index contributed by atoms with van der Waals surface area (Å²) in [5, 5.41) is 0.333. The molecule has 0 fully saturated rings. The summed E-state index contributed by atoms with van der Waals surface area (Å²) in [5.41, 5.74) is 0.0509. The maximum atomic E-state index is 12.0. The summed E-state index contributed by atoms with van der Waals surface area (Å²) in [6, 6.07) is 3.32. The van der Waals surface area contributed by atoms with Gasteiger partial charge in [-0.1, -0.05) is 11.6 Å². The van der Waals surface area contributed by atoms with Crippen molar-refractivity contribution in [2.24, 2.45) is 0 Å². The van der Waals surface area contributed by atoms with Gasteiger partial charge in [-0.2, -0.15) is 4.98 Å². The standard InChI is InChI=1S/C12H15ClN2O3/c1-12(2,3)18-11(16)15-6-7-17-10-8(15)4-5-9(13)14-10/h4-5H,6-7H2,1-3H3. The predicted octanol–water partition coefficient (Wildman–Crippen LogP) is 2.87. The first-order valence-corrected chi connectivity index (χ1v) is 6.04. The second-order valence-electron chi connectivity index (χ2n) is 4.94. The number of ether oxygens (including phenoxy) is 2. The molecule has 0 aromatic carbocycles. The Morgan fingerprint density at radius 3 is 2.89 bits per heavy atom. The average molecular weight is 271 g/mol. The third-order valence-electron chi connectivity index (χ3n) is 2.26. The Labute approximate surface area is 111 Å². The highest BCUT2D eigenvalue weighted by Crippen LogP contribution is 2.31. The van der Waals surface area contributed by atoms with Gasteiger partial charge in [0.1, 0.15) is 23.0 Å². The molecular formula is C12H15ClN2O3. The number of fused-ring (bicyclic) bond motifs is 1. The number of hydrogen-bond donors (Lipinski definition) is 0. The van der Waals surface area contributed by atoms with Crippen molar-refractivity contribution < 1.29 is 14.3 Å². The minimum absolute atomic E-state index is 0.333. The second kappa shape index (κ2) is 4.65. The van der Waals surface area contributed by atoms with E-state index in [1.807, 2.05) is 20.8 Å². The number of aromatic nitrogens is 1. The third-order valence-corrected chi connectivity index (χ3v) is 2.48. The zero-order valence-electron chi connectivity index (χ0n) is 10.6. The molecular weight excluding hydrogens is 256 g/mol. The molecule has 0 radical (unpaired) electrons. The van der Waals surface area contributed by atoms with E-state index in [2.05, 4.69) is 4.98 Å². The van der Waals surface area contributed by atoms with Gasteiger partial charge >= 0.3 is 6.09 Å². The highest BCUT2D eigenvalue weighted by Gasteiger charge is 2.28. The summed E-state index contributed by atoms with van der Waals surface area (Å²) in [6.45, 7) is 6.29. The van der Waals surface area contributed by atoms with Crippen LogP contribution in [-0.4, -0.2) is 29.8 Å². The quantitative estimate of drug-likeness (QED) is 0.680. The van der Waals surface area contributed by atoms with Crippen LogP contribution < -0.4 is 9.64 Å². The summed E-state index contributed by atoms with van der Waals surface area (Å²) < 4.78 is 10.7. The lowest BCUT2D eigenvalue weighted by Crippen LogP contribution is -2.41. The summed E-state index contributed by atoms with van der Waals surface area (Å²) >= 11 is 5.78. The van der Waals surface area contributed by atoms with Crippen LogP contribution >= 0.6 is 11.6 Å². The van der Waals surface area contributed by atoms with E-state index in [4.69, 9.17) is 21.1 Å². The number of amides is 1. The molecule has 1 amide bonds. The molecule has 1 aromatic rings. The van der Waals surface area contributed by atoms with Crippen molar-refractivity contribution in [1.82, 2.24) is 4.98 Å². The Morgan fingerprint density at radius 2 is 2.22 bits per heavy atom. The summed E-state index contributed by atoms with van der Waals surface area (Å²) in [7, 11) is 0. The Hall–Kier alpha value is -1.49. The Morgan fingerprint density at radius 1 is 1.50 bits per heavy atom. The lowest BCUT2D eigenvalue weighted by molar-refractivity contribution is 0.0567. The van der Waals surface area contributed by atoms with E-state index < -0.39 is 11.7 Å². The van der Waals surface area contributed by atoms with E-state index >= 15 is 0 Å². The molecule has 0 N–H and O–H groups in total. The average Bonchev–Trinajstić information content (AvgIpc) is 2.25. The van der Waals surface area contributed by atoms with Gasteiger partial charge in [0.25, 0.3) is 0 Å². The highest BCUT2D eigenvalue weighted by molar-refractivity contribution is 6.29. The minimum Gasteiger partial charge on any atom is -0.474 e. The maximum absolute atomic E-state index is 12.0. The molecule has 0 unspecified atom stereocenters. The zero-order valence-corrected chi connectivity index (χ0v) is 11.3. The third kappa shape index (κ3) is 2.85. The van der Waals surface area contributed by atoms with E-state index in [9.17, 15) is 4.79 Å². The lowest BCUT2D eigenvalue weighted by atomic mass is 10.2. The molecule has 98 valence electrons. The molecule has 18 heavy (non-hydrogen) atoms. The number of nitrogens with zero attached hydrogens (tertiary/aromatic N) is 2. The fraction of sp³-hybridized carbons (Fsp3) is 0.500. The van der Waals surface area contributed by atoms with E-state index in [1.165, 1.54) is 4.90 Å². The fourth-order valence-electron chi connectivity index (χ4n) is 1.58. The molecule has 1 aliphatic heterocycles. The first kappa shape index (κ1) is 13.0. The number of carbonyl (C=O) groups excluding carboxylic acids is 1. The normalized spacial score (nSPS) is 14.8. The van der Waals surface area contributed by atoms with E-state index in [0.29, 0.717) is 29.9 Å².